The Kier molecular flexibility index (Phi) is 16.7. The summed E-state index contributed by atoms with van der Waals surface area (Å²) in [7, 11) is 3.25. The number of hydrogen-bond acceptors (Lipinski definition) is 6. The number of carbonyl (C=O) groups is 2. The molecule has 0 amide bonds. The van der Waals surface area contributed by atoms with Crippen LogP contribution in [0.5, 0.6) is 11.5 Å². The lowest BCUT2D eigenvalue weighted by Gasteiger charge is -2.04. The second-order valence-corrected chi connectivity index (χ2v) is 8.63. The van der Waals surface area contributed by atoms with Crippen LogP contribution in [0.1, 0.15) is 70.4 Å². The van der Waals surface area contributed by atoms with Gasteiger partial charge in [-0.1, -0.05) is 63.3 Å². The van der Waals surface area contributed by atoms with Gasteiger partial charge in [0.25, 0.3) is 0 Å². The molecule has 0 spiro atoms. The van der Waals surface area contributed by atoms with E-state index in [0.29, 0.717) is 6.61 Å². The first-order valence-electron chi connectivity index (χ1n) is 12.9. The summed E-state index contributed by atoms with van der Waals surface area (Å²) in [6, 6.07) is 15.0. The molecule has 0 fully saturated rings. The second kappa shape index (κ2) is 19.6. The van der Waals surface area contributed by atoms with Crippen molar-refractivity contribution in [2.24, 2.45) is 0 Å². The van der Waals surface area contributed by atoms with Gasteiger partial charge in [-0.3, -0.25) is 0 Å². The highest BCUT2D eigenvalue weighted by atomic mass is 16.5. The monoisotopic (exact) mass is 510 g/mol. The summed E-state index contributed by atoms with van der Waals surface area (Å²) in [6.45, 7) is 6.35. The molecular formula is C31H42O6. The van der Waals surface area contributed by atoms with Gasteiger partial charge in [0.15, 0.2) is 0 Å². The van der Waals surface area contributed by atoms with Crippen LogP contribution in [0.15, 0.2) is 60.7 Å². The van der Waals surface area contributed by atoms with Crippen molar-refractivity contribution in [1.82, 2.24) is 0 Å². The number of ether oxygens (including phenoxy) is 4. The highest BCUT2D eigenvalue weighted by molar-refractivity contribution is 5.87. The van der Waals surface area contributed by atoms with E-state index in [-0.39, 0.29) is 18.0 Å². The van der Waals surface area contributed by atoms with Gasteiger partial charge in [-0.05, 0) is 67.8 Å². The van der Waals surface area contributed by atoms with Crippen LogP contribution in [-0.4, -0.2) is 38.9 Å². The van der Waals surface area contributed by atoms with Crippen molar-refractivity contribution in [1.29, 1.82) is 0 Å². The van der Waals surface area contributed by atoms with E-state index in [4.69, 9.17) is 18.9 Å². The topological polar surface area (TPSA) is 71.1 Å². The van der Waals surface area contributed by atoms with E-state index in [1.54, 1.807) is 26.4 Å². The van der Waals surface area contributed by atoms with Gasteiger partial charge >= 0.3 is 11.9 Å². The lowest BCUT2D eigenvalue weighted by atomic mass is 10.1. The third-order valence-corrected chi connectivity index (χ3v) is 5.15. The molecule has 6 heteroatoms. The predicted molar refractivity (Wildman–Crippen MR) is 150 cm³/mol. The van der Waals surface area contributed by atoms with E-state index in [9.17, 15) is 9.59 Å². The van der Waals surface area contributed by atoms with Gasteiger partial charge in [0.05, 0.1) is 26.9 Å². The van der Waals surface area contributed by atoms with E-state index in [1.165, 1.54) is 37.8 Å². The molecule has 2 aromatic rings. The molecule has 0 unspecified atom stereocenters. The molecule has 0 atom stereocenters. The number of rotatable bonds is 14. The van der Waals surface area contributed by atoms with Crippen molar-refractivity contribution >= 4 is 24.1 Å². The zero-order valence-corrected chi connectivity index (χ0v) is 22.9. The number of benzene rings is 2. The average Bonchev–Trinajstić information content (AvgIpc) is 2.91. The number of hydrogen-bond donors (Lipinski definition) is 0. The van der Waals surface area contributed by atoms with Crippen molar-refractivity contribution in [2.75, 3.05) is 20.8 Å². The summed E-state index contributed by atoms with van der Waals surface area (Å²) in [5.74, 6) is 0.991. The molecule has 0 bridgehead atoms. The van der Waals surface area contributed by atoms with Crippen molar-refractivity contribution in [3.8, 4) is 11.5 Å². The molecule has 0 aliphatic rings. The minimum Gasteiger partial charge on any atom is -0.497 e. The number of carbonyl (C=O) groups excluding carboxylic acids is 2. The van der Waals surface area contributed by atoms with Gasteiger partial charge in [-0.2, -0.15) is 0 Å². The van der Waals surface area contributed by atoms with Crippen LogP contribution < -0.4 is 9.47 Å². The third-order valence-electron chi connectivity index (χ3n) is 5.15. The second-order valence-electron chi connectivity index (χ2n) is 8.63. The highest BCUT2D eigenvalue weighted by Crippen LogP contribution is 2.13. The Morgan fingerprint density at radius 1 is 0.703 bits per heavy atom. The molecular weight excluding hydrogens is 468 g/mol. The molecule has 6 nitrogen and oxygen atoms in total. The van der Waals surface area contributed by atoms with Crippen LogP contribution in [0, 0.1) is 0 Å². The van der Waals surface area contributed by atoms with Crippen LogP contribution in [0.2, 0.25) is 0 Å². The molecule has 2 aromatic carbocycles. The van der Waals surface area contributed by atoms with E-state index in [2.05, 4.69) is 6.92 Å². The van der Waals surface area contributed by atoms with Gasteiger partial charge in [-0.25, -0.2) is 9.59 Å². The molecule has 0 radical (unpaired) electrons. The van der Waals surface area contributed by atoms with E-state index < -0.39 is 0 Å². The lowest BCUT2D eigenvalue weighted by molar-refractivity contribution is -0.141. The molecule has 0 aliphatic heterocycles. The fourth-order valence-electron chi connectivity index (χ4n) is 3.13. The maximum atomic E-state index is 11.5. The summed E-state index contributed by atoms with van der Waals surface area (Å²) in [5.41, 5.74) is 1.88. The summed E-state index contributed by atoms with van der Waals surface area (Å²) in [6.07, 6.45) is 13.4. The summed E-state index contributed by atoms with van der Waals surface area (Å²) >= 11 is 0. The maximum Gasteiger partial charge on any atom is 0.331 e. The van der Waals surface area contributed by atoms with Gasteiger partial charge in [-0.15, -0.1) is 0 Å². The molecule has 2 rings (SSSR count). The maximum absolute atomic E-state index is 11.5. The number of methoxy groups -OCH3 is 2. The predicted octanol–water partition coefficient (Wildman–Crippen LogP) is 7.27. The minimum atomic E-state index is -0.328. The quantitative estimate of drug-likeness (QED) is 0.151. The SMILES string of the molecule is CCCCCCCCOC(=O)C=Cc1ccc(OC)cc1.COc1ccc(C=CC(=O)OC(C)C)cc1. The van der Waals surface area contributed by atoms with Crippen LogP contribution >= 0.6 is 0 Å². The van der Waals surface area contributed by atoms with E-state index >= 15 is 0 Å². The van der Waals surface area contributed by atoms with Crippen molar-refractivity contribution in [2.45, 2.75) is 65.4 Å². The van der Waals surface area contributed by atoms with Crippen molar-refractivity contribution in [3.05, 3.63) is 71.8 Å². The largest absolute Gasteiger partial charge is 0.497 e. The number of unbranched alkanes of at least 4 members (excludes halogenated alkanes) is 5. The zero-order chi connectivity index (χ0) is 27.3. The Hall–Kier alpha value is -3.54. The zero-order valence-electron chi connectivity index (χ0n) is 22.9. The fraction of sp³-hybridized carbons (Fsp3) is 0.419. The molecule has 202 valence electrons. The van der Waals surface area contributed by atoms with Gasteiger partial charge in [0, 0.05) is 12.2 Å². The first-order chi connectivity index (χ1) is 17.9. The number of esters is 2. The molecule has 0 heterocycles. The van der Waals surface area contributed by atoms with Gasteiger partial charge < -0.3 is 18.9 Å². The van der Waals surface area contributed by atoms with Crippen LogP contribution in [0.3, 0.4) is 0 Å². The third kappa shape index (κ3) is 15.9. The summed E-state index contributed by atoms with van der Waals surface area (Å²) in [5, 5.41) is 0. The van der Waals surface area contributed by atoms with Gasteiger partial charge in [0.2, 0.25) is 0 Å². The van der Waals surface area contributed by atoms with Gasteiger partial charge in [0.1, 0.15) is 11.5 Å². The van der Waals surface area contributed by atoms with Crippen LogP contribution in [0.4, 0.5) is 0 Å². The normalized spacial score (nSPS) is 10.8. The Balaban J connectivity index is 0.000000384. The molecule has 0 aliphatic carbocycles. The molecule has 0 saturated heterocycles. The Labute approximate surface area is 222 Å². The Morgan fingerprint density at radius 2 is 1.16 bits per heavy atom. The van der Waals surface area contributed by atoms with Crippen LogP contribution in [-0.2, 0) is 19.1 Å². The Bertz CT molecular complexity index is 943. The van der Waals surface area contributed by atoms with E-state index in [1.807, 2.05) is 62.4 Å². The molecule has 0 saturated carbocycles. The Morgan fingerprint density at radius 3 is 1.62 bits per heavy atom. The standard InChI is InChI=1S/C18H26O3.C13H16O3/c1-3-4-5-6-7-8-15-21-18(19)14-11-16-9-12-17(20-2)13-10-16;1-10(2)16-13(14)9-6-11-4-7-12(15-3)8-5-11/h9-14H,3-8,15H2,1-2H3;4-10H,1-3H3. The lowest BCUT2D eigenvalue weighted by Crippen LogP contribution is -2.08. The molecule has 37 heavy (non-hydrogen) atoms. The van der Waals surface area contributed by atoms with Crippen molar-refractivity contribution < 1.29 is 28.5 Å². The first-order valence-corrected chi connectivity index (χ1v) is 12.9. The van der Waals surface area contributed by atoms with Crippen LogP contribution in [0.25, 0.3) is 12.2 Å². The highest BCUT2D eigenvalue weighted by Gasteiger charge is 2.00. The summed E-state index contributed by atoms with van der Waals surface area (Å²) < 4.78 is 20.2. The molecule has 0 N–H and O–H groups in total. The average molecular weight is 511 g/mol. The fourth-order valence-corrected chi connectivity index (χ4v) is 3.13. The van der Waals surface area contributed by atoms with Crippen molar-refractivity contribution in [3.63, 3.8) is 0 Å². The smallest absolute Gasteiger partial charge is 0.331 e. The van der Waals surface area contributed by atoms with E-state index in [0.717, 1.165) is 35.5 Å². The first kappa shape index (κ1) is 31.5. The minimum absolute atomic E-state index is 0.0898. The molecule has 0 aromatic heterocycles. The summed E-state index contributed by atoms with van der Waals surface area (Å²) in [4.78, 5) is 22.8.